The van der Waals surface area contributed by atoms with Gasteiger partial charge in [0.15, 0.2) is 11.5 Å². The lowest BCUT2D eigenvalue weighted by Gasteiger charge is -2.27. The van der Waals surface area contributed by atoms with Gasteiger partial charge in [0.2, 0.25) is 0 Å². The number of hydrogen-bond donors (Lipinski definition) is 1. The van der Waals surface area contributed by atoms with E-state index in [1.807, 2.05) is 13.8 Å². The van der Waals surface area contributed by atoms with E-state index >= 15 is 0 Å². The predicted octanol–water partition coefficient (Wildman–Crippen LogP) is 3.10. The summed E-state index contributed by atoms with van der Waals surface area (Å²) in [6, 6.07) is 4.62. The Kier molecular flexibility index (Phi) is 11.6. The number of methoxy groups -OCH3 is 1. The molecule has 0 aliphatic rings. The molecule has 1 aromatic carbocycles. The number of nitrogens with two attached hydrogens (primary N) is 1. The highest BCUT2D eigenvalue weighted by Gasteiger charge is 2.36. The summed E-state index contributed by atoms with van der Waals surface area (Å²) in [6.45, 7) is 7.03. The lowest BCUT2D eigenvalue weighted by molar-refractivity contribution is -0.152. The van der Waals surface area contributed by atoms with E-state index in [1.54, 1.807) is 19.9 Å². The van der Waals surface area contributed by atoms with Crippen LogP contribution in [0.1, 0.15) is 65.4 Å². The van der Waals surface area contributed by atoms with Gasteiger partial charge in [0.25, 0.3) is 0 Å². The minimum Gasteiger partial charge on any atom is -0.468 e. The highest BCUT2D eigenvalue weighted by molar-refractivity contribution is 5.81. The van der Waals surface area contributed by atoms with E-state index < -0.39 is 29.4 Å². The van der Waals surface area contributed by atoms with Crippen molar-refractivity contribution in [2.45, 2.75) is 71.8 Å². The van der Waals surface area contributed by atoms with Gasteiger partial charge >= 0.3 is 23.9 Å². The molecule has 9 heteroatoms. The van der Waals surface area contributed by atoms with E-state index in [-0.39, 0.29) is 49.7 Å². The molecule has 0 aromatic heterocycles. The van der Waals surface area contributed by atoms with Gasteiger partial charge in [-0.15, -0.1) is 0 Å². The van der Waals surface area contributed by atoms with Crippen molar-refractivity contribution in [2.75, 3.05) is 13.7 Å². The molecule has 0 radical (unpaired) electrons. The van der Waals surface area contributed by atoms with Gasteiger partial charge in [0.1, 0.15) is 5.54 Å². The number of carbonyl (C=O) groups is 4. The summed E-state index contributed by atoms with van der Waals surface area (Å²) in [6.07, 6.45) is 1.64. The molecule has 33 heavy (non-hydrogen) atoms. The molecule has 1 rings (SSSR count). The molecule has 184 valence electrons. The third-order valence-corrected chi connectivity index (χ3v) is 4.74. The Morgan fingerprint density at radius 2 is 1.55 bits per heavy atom. The van der Waals surface area contributed by atoms with Crippen LogP contribution in [-0.4, -0.2) is 43.1 Å². The van der Waals surface area contributed by atoms with Crippen molar-refractivity contribution in [1.82, 2.24) is 0 Å². The molecule has 0 saturated heterocycles. The number of rotatable bonds is 13. The van der Waals surface area contributed by atoms with E-state index in [0.29, 0.717) is 18.4 Å². The average Bonchev–Trinajstić information content (AvgIpc) is 2.75. The maximum atomic E-state index is 12.4. The summed E-state index contributed by atoms with van der Waals surface area (Å²) in [5, 5.41) is 0. The predicted molar refractivity (Wildman–Crippen MR) is 121 cm³/mol. The van der Waals surface area contributed by atoms with Crippen LogP contribution in [0.15, 0.2) is 18.2 Å². The van der Waals surface area contributed by atoms with E-state index in [1.165, 1.54) is 19.2 Å². The molecule has 0 unspecified atom stereocenters. The molecule has 0 fully saturated rings. The molecule has 0 aliphatic carbocycles. The zero-order valence-electron chi connectivity index (χ0n) is 20.1. The molecular formula is C24H35NO8. The lowest BCUT2D eigenvalue weighted by atomic mass is 9.88. The molecule has 1 atom stereocenters. The van der Waals surface area contributed by atoms with Crippen LogP contribution in [0.5, 0.6) is 11.5 Å². The maximum Gasteiger partial charge on any atom is 0.326 e. The Morgan fingerprint density at radius 3 is 2.06 bits per heavy atom. The minimum absolute atomic E-state index is 0.0143. The zero-order valence-corrected chi connectivity index (χ0v) is 20.1. The molecule has 1 aromatic rings. The van der Waals surface area contributed by atoms with Crippen LogP contribution in [0.4, 0.5) is 0 Å². The van der Waals surface area contributed by atoms with E-state index in [0.717, 1.165) is 0 Å². The number of hydrogen-bond acceptors (Lipinski definition) is 9. The Bertz CT molecular complexity index is 836. The molecule has 0 heterocycles. The number of benzene rings is 1. The Labute approximate surface area is 194 Å². The van der Waals surface area contributed by atoms with Gasteiger partial charge in [0.05, 0.1) is 19.6 Å². The third kappa shape index (κ3) is 9.21. The van der Waals surface area contributed by atoms with Crippen molar-refractivity contribution in [3.05, 3.63) is 23.8 Å². The zero-order chi connectivity index (χ0) is 25.0. The Morgan fingerprint density at radius 1 is 0.970 bits per heavy atom. The fourth-order valence-corrected chi connectivity index (χ4v) is 2.91. The maximum absolute atomic E-state index is 12.4. The summed E-state index contributed by atoms with van der Waals surface area (Å²) >= 11 is 0. The van der Waals surface area contributed by atoms with Crippen molar-refractivity contribution in [3.8, 4) is 11.5 Å². The second-order valence-corrected chi connectivity index (χ2v) is 8.13. The molecule has 9 nitrogen and oxygen atoms in total. The van der Waals surface area contributed by atoms with Crippen LogP contribution in [0, 0.1) is 5.92 Å². The van der Waals surface area contributed by atoms with Gasteiger partial charge in [-0.2, -0.15) is 0 Å². The first-order valence-corrected chi connectivity index (χ1v) is 11.1. The third-order valence-electron chi connectivity index (χ3n) is 4.74. The van der Waals surface area contributed by atoms with Gasteiger partial charge in [0, 0.05) is 25.7 Å². The van der Waals surface area contributed by atoms with Crippen molar-refractivity contribution in [1.29, 1.82) is 0 Å². The normalized spacial score (nSPS) is 12.6. The first-order valence-electron chi connectivity index (χ1n) is 11.1. The van der Waals surface area contributed by atoms with E-state index in [9.17, 15) is 19.2 Å². The second-order valence-electron chi connectivity index (χ2n) is 8.13. The lowest BCUT2D eigenvalue weighted by Crippen LogP contribution is -2.51. The first kappa shape index (κ1) is 28.1. The quantitative estimate of drug-likeness (QED) is 0.345. The highest BCUT2D eigenvalue weighted by atomic mass is 16.6. The fourth-order valence-electron chi connectivity index (χ4n) is 2.91. The van der Waals surface area contributed by atoms with Crippen LogP contribution in [-0.2, 0) is 35.1 Å². The van der Waals surface area contributed by atoms with Crippen molar-refractivity contribution in [2.24, 2.45) is 11.7 Å². The highest BCUT2D eigenvalue weighted by Crippen LogP contribution is 2.31. The summed E-state index contributed by atoms with van der Waals surface area (Å²) < 4.78 is 20.8. The van der Waals surface area contributed by atoms with Gasteiger partial charge in [-0.25, -0.2) is 0 Å². The summed E-state index contributed by atoms with van der Waals surface area (Å²) in [7, 11) is 1.22. The van der Waals surface area contributed by atoms with Gasteiger partial charge in [-0.3, -0.25) is 19.2 Å². The number of carbonyl (C=O) groups excluding carboxylic acids is 4. The standard InChI is InChI=1S/C24H35NO8/c1-6-8-20(26)32-18-11-10-17(14-19(18)33-21(27)9-7-2)15-24(25,23(29)30-5)12-13-31-22(28)16(3)4/h10-11,14,16H,6-9,12-13,15,25H2,1-5H3/t24-/m1/s1. The topological polar surface area (TPSA) is 131 Å². The minimum atomic E-state index is -1.49. The van der Waals surface area contributed by atoms with E-state index in [2.05, 4.69) is 0 Å². The summed E-state index contributed by atoms with van der Waals surface area (Å²) in [5.41, 5.74) is 5.40. The molecule has 0 amide bonds. The van der Waals surface area contributed by atoms with E-state index in [4.69, 9.17) is 24.7 Å². The van der Waals surface area contributed by atoms with Gasteiger partial charge in [-0.1, -0.05) is 33.8 Å². The van der Waals surface area contributed by atoms with Crippen LogP contribution in [0.3, 0.4) is 0 Å². The van der Waals surface area contributed by atoms with Crippen LogP contribution >= 0.6 is 0 Å². The SMILES string of the molecule is CCCC(=O)Oc1ccc(C[C@](N)(CCOC(=O)C(C)C)C(=O)OC)cc1OC(=O)CCC. The Hall–Kier alpha value is -2.94. The number of esters is 4. The van der Waals surface area contributed by atoms with Crippen LogP contribution in [0.2, 0.25) is 0 Å². The molecule has 0 spiro atoms. The van der Waals surface area contributed by atoms with Crippen molar-refractivity contribution < 1.29 is 38.1 Å². The van der Waals surface area contributed by atoms with Crippen LogP contribution in [0.25, 0.3) is 0 Å². The molecule has 0 saturated carbocycles. The van der Waals surface area contributed by atoms with Gasteiger partial charge < -0.3 is 24.7 Å². The monoisotopic (exact) mass is 465 g/mol. The number of ether oxygens (including phenoxy) is 4. The molecule has 2 N–H and O–H groups in total. The molecule has 0 aliphatic heterocycles. The Balaban J connectivity index is 3.15. The molecular weight excluding hydrogens is 430 g/mol. The second kappa shape index (κ2) is 13.6. The van der Waals surface area contributed by atoms with Crippen molar-refractivity contribution >= 4 is 23.9 Å². The smallest absolute Gasteiger partial charge is 0.326 e. The van der Waals surface area contributed by atoms with Crippen LogP contribution < -0.4 is 15.2 Å². The fraction of sp³-hybridized carbons (Fsp3) is 0.583. The first-order chi connectivity index (χ1) is 15.6. The largest absolute Gasteiger partial charge is 0.468 e. The summed E-state index contributed by atoms with van der Waals surface area (Å²) in [4.78, 5) is 48.2. The van der Waals surface area contributed by atoms with Gasteiger partial charge in [-0.05, 0) is 30.5 Å². The average molecular weight is 466 g/mol. The molecule has 0 bridgehead atoms. The van der Waals surface area contributed by atoms with Crippen molar-refractivity contribution in [3.63, 3.8) is 0 Å². The summed E-state index contributed by atoms with van der Waals surface area (Å²) in [5.74, 6) is -2.14.